The Morgan fingerprint density at radius 3 is 2.73 bits per heavy atom. The number of guanidine groups is 1. The lowest BCUT2D eigenvalue weighted by Gasteiger charge is -2.13. The molecule has 0 aliphatic rings. The van der Waals surface area contributed by atoms with Crippen molar-refractivity contribution in [2.24, 2.45) is 4.99 Å². The summed E-state index contributed by atoms with van der Waals surface area (Å²) in [6.45, 7) is 6.40. The topological polar surface area (TPSA) is 58.5 Å². The summed E-state index contributed by atoms with van der Waals surface area (Å²) in [7, 11) is 1.79. The van der Waals surface area contributed by atoms with Gasteiger partial charge < -0.3 is 15.4 Å². The van der Waals surface area contributed by atoms with Crippen molar-refractivity contribution in [2.75, 3.05) is 20.2 Å². The third-order valence-corrected chi connectivity index (χ3v) is 3.12. The molecule has 0 spiro atoms. The minimum atomic E-state index is 0. The number of rotatable bonds is 9. The molecule has 5 nitrogen and oxygen atoms in total. The molecule has 0 atom stereocenters. The number of nitrogens with zero attached hydrogens (tertiary/aromatic N) is 2. The van der Waals surface area contributed by atoms with Gasteiger partial charge in [-0.05, 0) is 19.4 Å². The van der Waals surface area contributed by atoms with Gasteiger partial charge in [-0.15, -0.1) is 24.0 Å². The first-order valence-corrected chi connectivity index (χ1v) is 7.83. The Morgan fingerprint density at radius 2 is 2.05 bits per heavy atom. The molecule has 1 aromatic heterocycles. The van der Waals surface area contributed by atoms with E-state index in [1.807, 2.05) is 19.1 Å². The standard InChI is InChI=1S/C16H28N4O.HI/c1-4-6-7-8-11-19-16(17-3)20-13-14-10-9-12-18-15(14)21-5-2;/h9-10,12H,4-8,11,13H2,1-3H3,(H2,17,19,20);1H. The summed E-state index contributed by atoms with van der Waals surface area (Å²) < 4.78 is 5.52. The summed E-state index contributed by atoms with van der Waals surface area (Å²) in [4.78, 5) is 8.48. The molecule has 1 aromatic rings. The van der Waals surface area contributed by atoms with E-state index in [0.717, 1.165) is 18.1 Å². The number of aliphatic imine (C=N–C) groups is 1. The first-order chi connectivity index (χ1) is 10.3. The summed E-state index contributed by atoms with van der Waals surface area (Å²) in [5.41, 5.74) is 1.04. The molecule has 126 valence electrons. The van der Waals surface area contributed by atoms with Crippen LogP contribution in [0.1, 0.15) is 45.1 Å². The van der Waals surface area contributed by atoms with Crippen LogP contribution in [0.25, 0.3) is 0 Å². The highest BCUT2D eigenvalue weighted by molar-refractivity contribution is 14.0. The number of pyridine rings is 1. The summed E-state index contributed by atoms with van der Waals surface area (Å²) in [6.07, 6.45) is 6.73. The maximum absolute atomic E-state index is 5.52. The number of unbranched alkanes of at least 4 members (excludes halogenated alkanes) is 3. The molecular formula is C16H29IN4O. The first-order valence-electron chi connectivity index (χ1n) is 7.83. The summed E-state index contributed by atoms with van der Waals surface area (Å²) in [6, 6.07) is 3.93. The van der Waals surface area contributed by atoms with E-state index in [4.69, 9.17) is 4.74 Å². The number of ether oxygens (including phenoxy) is 1. The number of hydrogen-bond acceptors (Lipinski definition) is 3. The molecule has 0 radical (unpaired) electrons. The Hall–Kier alpha value is -1.05. The molecule has 0 fully saturated rings. The van der Waals surface area contributed by atoms with Crippen molar-refractivity contribution in [3.05, 3.63) is 23.9 Å². The van der Waals surface area contributed by atoms with Crippen molar-refractivity contribution >= 4 is 29.9 Å². The van der Waals surface area contributed by atoms with Crippen LogP contribution in [0.4, 0.5) is 0 Å². The lowest BCUT2D eigenvalue weighted by Crippen LogP contribution is -2.37. The van der Waals surface area contributed by atoms with Gasteiger partial charge >= 0.3 is 0 Å². The number of halogens is 1. The van der Waals surface area contributed by atoms with Crippen molar-refractivity contribution < 1.29 is 4.74 Å². The van der Waals surface area contributed by atoms with E-state index in [-0.39, 0.29) is 24.0 Å². The molecule has 0 aliphatic carbocycles. The highest BCUT2D eigenvalue weighted by Crippen LogP contribution is 2.13. The zero-order chi connectivity index (χ0) is 15.3. The van der Waals surface area contributed by atoms with Gasteiger partial charge in [0.15, 0.2) is 5.96 Å². The summed E-state index contributed by atoms with van der Waals surface area (Å²) in [5, 5.41) is 6.62. The Balaban J connectivity index is 0.00000441. The van der Waals surface area contributed by atoms with Crippen LogP contribution < -0.4 is 15.4 Å². The number of hydrogen-bond donors (Lipinski definition) is 2. The fraction of sp³-hybridized carbons (Fsp3) is 0.625. The molecule has 2 N–H and O–H groups in total. The molecule has 0 saturated carbocycles. The zero-order valence-electron chi connectivity index (χ0n) is 13.9. The van der Waals surface area contributed by atoms with E-state index in [0.29, 0.717) is 19.0 Å². The highest BCUT2D eigenvalue weighted by atomic mass is 127. The molecule has 0 bridgehead atoms. The van der Waals surface area contributed by atoms with E-state index in [9.17, 15) is 0 Å². The lowest BCUT2D eigenvalue weighted by atomic mass is 10.2. The summed E-state index contributed by atoms with van der Waals surface area (Å²) in [5.74, 6) is 1.50. The van der Waals surface area contributed by atoms with Gasteiger partial charge in [-0.2, -0.15) is 0 Å². The monoisotopic (exact) mass is 420 g/mol. The highest BCUT2D eigenvalue weighted by Gasteiger charge is 2.05. The van der Waals surface area contributed by atoms with Gasteiger partial charge in [0.25, 0.3) is 0 Å². The van der Waals surface area contributed by atoms with Crippen LogP contribution >= 0.6 is 24.0 Å². The average molecular weight is 420 g/mol. The molecule has 22 heavy (non-hydrogen) atoms. The average Bonchev–Trinajstić information content (AvgIpc) is 2.51. The minimum absolute atomic E-state index is 0. The minimum Gasteiger partial charge on any atom is -0.478 e. The van der Waals surface area contributed by atoms with Crippen LogP contribution in [0.3, 0.4) is 0 Å². The Labute approximate surface area is 151 Å². The van der Waals surface area contributed by atoms with Gasteiger partial charge in [0.1, 0.15) is 0 Å². The predicted molar refractivity (Wildman–Crippen MR) is 103 cm³/mol. The molecular weight excluding hydrogens is 391 g/mol. The Kier molecular flexibility index (Phi) is 13.0. The van der Waals surface area contributed by atoms with Gasteiger partial charge in [-0.3, -0.25) is 4.99 Å². The maximum Gasteiger partial charge on any atom is 0.218 e. The smallest absolute Gasteiger partial charge is 0.218 e. The second kappa shape index (κ2) is 13.6. The van der Waals surface area contributed by atoms with Crippen LogP contribution in [0.5, 0.6) is 5.88 Å². The van der Waals surface area contributed by atoms with Crippen LogP contribution in [-0.4, -0.2) is 31.1 Å². The quantitative estimate of drug-likeness (QED) is 0.279. The Morgan fingerprint density at radius 1 is 1.23 bits per heavy atom. The Bertz CT molecular complexity index is 426. The van der Waals surface area contributed by atoms with E-state index in [1.165, 1.54) is 25.7 Å². The second-order valence-corrected chi connectivity index (χ2v) is 4.81. The van der Waals surface area contributed by atoms with Crippen molar-refractivity contribution in [1.82, 2.24) is 15.6 Å². The third-order valence-electron chi connectivity index (χ3n) is 3.12. The van der Waals surface area contributed by atoms with E-state index < -0.39 is 0 Å². The maximum atomic E-state index is 5.52. The molecule has 1 heterocycles. The van der Waals surface area contributed by atoms with Crippen LogP contribution in [0.2, 0.25) is 0 Å². The van der Waals surface area contributed by atoms with E-state index in [2.05, 4.69) is 27.5 Å². The third kappa shape index (κ3) is 8.41. The predicted octanol–water partition coefficient (Wildman–Crippen LogP) is 3.34. The largest absolute Gasteiger partial charge is 0.478 e. The molecule has 0 aliphatic heterocycles. The molecule has 0 amide bonds. The fourth-order valence-corrected chi connectivity index (χ4v) is 1.98. The molecule has 1 rings (SSSR count). The summed E-state index contributed by atoms with van der Waals surface area (Å²) >= 11 is 0. The lowest BCUT2D eigenvalue weighted by molar-refractivity contribution is 0.322. The van der Waals surface area contributed by atoms with Crippen molar-refractivity contribution in [3.8, 4) is 5.88 Å². The SMILES string of the molecule is CCCCCCNC(=NC)NCc1cccnc1OCC.I. The normalized spacial score (nSPS) is 10.8. The van der Waals surface area contributed by atoms with Gasteiger partial charge in [-0.1, -0.05) is 32.3 Å². The van der Waals surface area contributed by atoms with Crippen molar-refractivity contribution in [1.29, 1.82) is 0 Å². The van der Waals surface area contributed by atoms with Gasteiger partial charge in [0.05, 0.1) is 6.61 Å². The van der Waals surface area contributed by atoms with Crippen molar-refractivity contribution in [2.45, 2.75) is 46.1 Å². The van der Waals surface area contributed by atoms with Gasteiger partial charge in [0, 0.05) is 31.9 Å². The number of nitrogens with one attached hydrogen (secondary N) is 2. The van der Waals surface area contributed by atoms with E-state index >= 15 is 0 Å². The first kappa shape index (κ1) is 20.9. The van der Waals surface area contributed by atoms with Gasteiger partial charge in [-0.25, -0.2) is 4.98 Å². The van der Waals surface area contributed by atoms with Crippen molar-refractivity contribution in [3.63, 3.8) is 0 Å². The zero-order valence-corrected chi connectivity index (χ0v) is 16.2. The number of aromatic nitrogens is 1. The molecule has 0 aromatic carbocycles. The van der Waals surface area contributed by atoms with Gasteiger partial charge in [0.2, 0.25) is 5.88 Å². The fourth-order valence-electron chi connectivity index (χ4n) is 1.98. The van der Waals surface area contributed by atoms with Crippen LogP contribution in [0, 0.1) is 0 Å². The molecule has 0 unspecified atom stereocenters. The van der Waals surface area contributed by atoms with Crippen LogP contribution in [-0.2, 0) is 6.54 Å². The molecule has 6 heteroatoms. The second-order valence-electron chi connectivity index (χ2n) is 4.81. The van der Waals surface area contributed by atoms with Crippen LogP contribution in [0.15, 0.2) is 23.3 Å². The molecule has 0 saturated heterocycles. The van der Waals surface area contributed by atoms with E-state index in [1.54, 1.807) is 13.2 Å².